The molecule has 4 rings (SSSR count). The summed E-state index contributed by atoms with van der Waals surface area (Å²) in [6.07, 6.45) is 0. The Balaban J connectivity index is 1.82. The highest BCUT2D eigenvalue weighted by Gasteiger charge is 2.24. The topological polar surface area (TPSA) is 61.2 Å². The van der Waals surface area contributed by atoms with E-state index in [0.29, 0.717) is 11.4 Å². The molecule has 146 valence electrons. The highest BCUT2D eigenvalue weighted by molar-refractivity contribution is 7.87. The maximum absolute atomic E-state index is 12.9. The van der Waals surface area contributed by atoms with Crippen molar-refractivity contribution in [1.29, 1.82) is 0 Å². The predicted octanol–water partition coefficient (Wildman–Crippen LogP) is 5.61. The Kier molecular flexibility index (Phi) is 5.32. The van der Waals surface area contributed by atoms with Crippen molar-refractivity contribution in [1.82, 2.24) is 9.78 Å². The molecule has 1 heterocycles. The zero-order valence-corrected chi connectivity index (χ0v) is 17.2. The van der Waals surface area contributed by atoms with Crippen molar-refractivity contribution >= 4 is 33.3 Å². The third kappa shape index (κ3) is 4.15. The van der Waals surface area contributed by atoms with Crippen molar-refractivity contribution in [3.8, 4) is 22.8 Å². The molecule has 8 heteroatoms. The minimum atomic E-state index is -4.24. The third-order valence-electron chi connectivity index (χ3n) is 4.10. The van der Waals surface area contributed by atoms with Crippen molar-refractivity contribution in [2.24, 2.45) is 0 Å². The van der Waals surface area contributed by atoms with E-state index in [1.165, 1.54) is 22.9 Å². The van der Waals surface area contributed by atoms with Gasteiger partial charge in [0.25, 0.3) is 0 Å². The zero-order chi connectivity index (χ0) is 20.4. The number of aromatic nitrogens is 2. The molecule has 0 saturated heterocycles. The van der Waals surface area contributed by atoms with E-state index in [1.807, 2.05) is 48.5 Å². The lowest BCUT2D eigenvalue weighted by Gasteiger charge is -2.10. The summed E-state index contributed by atoms with van der Waals surface area (Å²) in [5.74, 6) is 0.0334. The Labute approximate surface area is 178 Å². The van der Waals surface area contributed by atoms with Gasteiger partial charge in [-0.2, -0.15) is 18.2 Å². The maximum Gasteiger partial charge on any atom is 0.342 e. The molecule has 0 aliphatic heterocycles. The second kappa shape index (κ2) is 7.91. The molecule has 0 unspecified atom stereocenters. The molecule has 1 aromatic heterocycles. The average Bonchev–Trinajstić information content (AvgIpc) is 3.14. The number of para-hydroxylation sites is 1. The van der Waals surface area contributed by atoms with E-state index in [0.717, 1.165) is 5.56 Å². The molecule has 0 aliphatic rings. The first kappa shape index (κ1) is 19.5. The van der Waals surface area contributed by atoms with E-state index < -0.39 is 10.1 Å². The van der Waals surface area contributed by atoms with Crippen LogP contribution in [-0.4, -0.2) is 18.2 Å². The molecule has 0 aliphatic carbocycles. The van der Waals surface area contributed by atoms with Gasteiger partial charge >= 0.3 is 10.1 Å². The van der Waals surface area contributed by atoms with Gasteiger partial charge in [-0.25, -0.2) is 0 Å². The monoisotopic (exact) mass is 444 g/mol. The SMILES string of the molecule is O=S(=O)(Oc1cc(-c2ccccc2)nn1-c1ccccc1)c1cc(Cl)ccc1Cl. The van der Waals surface area contributed by atoms with Crippen LogP contribution in [0.25, 0.3) is 16.9 Å². The quantitative estimate of drug-likeness (QED) is 0.375. The van der Waals surface area contributed by atoms with Crippen LogP contribution in [-0.2, 0) is 10.1 Å². The molecule has 0 bridgehead atoms. The van der Waals surface area contributed by atoms with Crippen molar-refractivity contribution in [2.75, 3.05) is 0 Å². The molecule has 29 heavy (non-hydrogen) atoms. The van der Waals surface area contributed by atoms with Crippen LogP contribution in [0, 0.1) is 0 Å². The average molecular weight is 445 g/mol. The molecule has 0 spiro atoms. The van der Waals surface area contributed by atoms with Gasteiger partial charge in [0.1, 0.15) is 4.90 Å². The zero-order valence-electron chi connectivity index (χ0n) is 14.9. The van der Waals surface area contributed by atoms with Gasteiger partial charge in [-0.05, 0) is 30.3 Å². The van der Waals surface area contributed by atoms with E-state index in [9.17, 15) is 8.42 Å². The fourth-order valence-electron chi connectivity index (χ4n) is 2.75. The van der Waals surface area contributed by atoms with Gasteiger partial charge in [-0.1, -0.05) is 71.7 Å². The van der Waals surface area contributed by atoms with Crippen LogP contribution in [0.4, 0.5) is 0 Å². The maximum atomic E-state index is 12.9. The van der Waals surface area contributed by atoms with Crippen LogP contribution in [0.5, 0.6) is 5.88 Å². The number of nitrogens with zero attached hydrogens (tertiary/aromatic N) is 2. The second-order valence-corrected chi connectivity index (χ2v) is 8.45. The first-order valence-electron chi connectivity index (χ1n) is 8.54. The van der Waals surface area contributed by atoms with Crippen LogP contribution in [0.3, 0.4) is 0 Å². The molecule has 0 atom stereocenters. The second-order valence-electron chi connectivity index (χ2n) is 6.09. The summed E-state index contributed by atoms with van der Waals surface area (Å²) >= 11 is 12.0. The minimum Gasteiger partial charge on any atom is -0.358 e. The van der Waals surface area contributed by atoms with E-state index in [-0.39, 0.29) is 20.8 Å². The summed E-state index contributed by atoms with van der Waals surface area (Å²) in [6.45, 7) is 0. The minimum absolute atomic E-state index is 0.0171. The van der Waals surface area contributed by atoms with Gasteiger partial charge in [0.2, 0.25) is 5.88 Å². The third-order valence-corrected chi connectivity index (χ3v) is 6.05. The fraction of sp³-hybridized carbons (Fsp3) is 0. The van der Waals surface area contributed by atoms with Crippen LogP contribution >= 0.6 is 23.2 Å². The normalized spacial score (nSPS) is 11.4. The molecular weight excluding hydrogens is 431 g/mol. The van der Waals surface area contributed by atoms with Gasteiger partial charge in [-0.3, -0.25) is 0 Å². The molecule has 3 aromatic carbocycles. The Hall–Kier alpha value is -2.80. The number of rotatable bonds is 5. The van der Waals surface area contributed by atoms with Crippen LogP contribution in [0.15, 0.2) is 89.8 Å². The molecule has 4 aromatic rings. The van der Waals surface area contributed by atoms with E-state index in [1.54, 1.807) is 18.2 Å². The Morgan fingerprint density at radius 3 is 2.17 bits per heavy atom. The largest absolute Gasteiger partial charge is 0.358 e. The number of hydrogen-bond acceptors (Lipinski definition) is 4. The summed E-state index contributed by atoms with van der Waals surface area (Å²) in [4.78, 5) is -0.214. The van der Waals surface area contributed by atoms with Gasteiger partial charge in [0, 0.05) is 16.7 Å². The van der Waals surface area contributed by atoms with Gasteiger partial charge in [0.15, 0.2) is 0 Å². The van der Waals surface area contributed by atoms with Crippen molar-refractivity contribution in [3.05, 3.63) is 95.0 Å². The summed E-state index contributed by atoms with van der Waals surface area (Å²) in [7, 11) is -4.24. The molecule has 5 nitrogen and oxygen atoms in total. The van der Waals surface area contributed by atoms with E-state index in [2.05, 4.69) is 5.10 Å². The van der Waals surface area contributed by atoms with Crippen LogP contribution < -0.4 is 4.18 Å². The number of hydrogen-bond donors (Lipinski definition) is 0. The predicted molar refractivity (Wildman–Crippen MR) is 113 cm³/mol. The lowest BCUT2D eigenvalue weighted by atomic mass is 10.2. The Morgan fingerprint density at radius 1 is 0.828 bits per heavy atom. The summed E-state index contributed by atoms with van der Waals surface area (Å²) in [5, 5.41) is 4.79. The van der Waals surface area contributed by atoms with Crippen molar-refractivity contribution in [2.45, 2.75) is 4.90 Å². The standard InChI is InChI=1S/C21H14Cl2N2O3S/c22-16-11-12-18(23)20(13-16)29(26,27)28-21-14-19(15-7-3-1-4-8-15)24-25(21)17-9-5-2-6-10-17/h1-14H. The summed E-state index contributed by atoms with van der Waals surface area (Å²) in [6, 6.07) is 24.2. The van der Waals surface area contributed by atoms with Crippen LogP contribution in [0.1, 0.15) is 0 Å². The molecule has 0 N–H and O–H groups in total. The van der Waals surface area contributed by atoms with Gasteiger partial charge in [0.05, 0.1) is 16.4 Å². The fourth-order valence-corrected chi connectivity index (χ4v) is 4.40. The number of benzene rings is 3. The highest BCUT2D eigenvalue weighted by atomic mass is 35.5. The highest BCUT2D eigenvalue weighted by Crippen LogP contribution is 2.31. The first-order valence-corrected chi connectivity index (χ1v) is 10.7. The smallest absolute Gasteiger partial charge is 0.342 e. The van der Waals surface area contributed by atoms with Gasteiger partial charge in [-0.15, -0.1) is 0 Å². The van der Waals surface area contributed by atoms with E-state index >= 15 is 0 Å². The molecule has 0 saturated carbocycles. The molecular formula is C21H14Cl2N2O3S. The molecule has 0 radical (unpaired) electrons. The van der Waals surface area contributed by atoms with Crippen LogP contribution in [0.2, 0.25) is 10.0 Å². The molecule has 0 fully saturated rings. The number of halogens is 2. The van der Waals surface area contributed by atoms with E-state index in [4.69, 9.17) is 27.4 Å². The lowest BCUT2D eigenvalue weighted by Crippen LogP contribution is -2.13. The van der Waals surface area contributed by atoms with Crippen molar-refractivity contribution < 1.29 is 12.6 Å². The Morgan fingerprint density at radius 2 is 1.48 bits per heavy atom. The Bertz CT molecular complexity index is 1260. The van der Waals surface area contributed by atoms with Gasteiger partial charge < -0.3 is 4.18 Å². The first-order chi connectivity index (χ1) is 13.9. The summed E-state index contributed by atoms with van der Waals surface area (Å²) < 4.78 is 32.7. The lowest BCUT2D eigenvalue weighted by molar-refractivity contribution is 0.465. The summed E-state index contributed by atoms with van der Waals surface area (Å²) in [5.41, 5.74) is 2.04. The van der Waals surface area contributed by atoms with Crippen molar-refractivity contribution in [3.63, 3.8) is 0 Å². The molecule has 0 amide bonds.